The highest BCUT2D eigenvalue weighted by molar-refractivity contribution is 5.79. The average Bonchev–Trinajstić information content (AvgIpc) is 2.45. The van der Waals surface area contributed by atoms with E-state index in [1.54, 1.807) is 12.1 Å². The number of halogens is 3. The molecule has 0 fully saturated rings. The van der Waals surface area contributed by atoms with Gasteiger partial charge >= 0.3 is 6.18 Å². The highest BCUT2D eigenvalue weighted by atomic mass is 19.4. The summed E-state index contributed by atoms with van der Waals surface area (Å²) >= 11 is 0. The van der Waals surface area contributed by atoms with Crippen molar-refractivity contribution in [3.05, 3.63) is 35.4 Å². The number of rotatable bonds is 4. The molecule has 0 amide bonds. The van der Waals surface area contributed by atoms with E-state index in [9.17, 15) is 13.2 Å². The lowest BCUT2D eigenvalue weighted by Crippen LogP contribution is -2.21. The lowest BCUT2D eigenvalue weighted by atomic mass is 10.00. The van der Waals surface area contributed by atoms with Crippen LogP contribution in [0.25, 0.3) is 5.57 Å². The van der Waals surface area contributed by atoms with E-state index < -0.39 is 17.3 Å². The third-order valence-electron chi connectivity index (χ3n) is 3.04. The predicted molar refractivity (Wildman–Crippen MR) is 74.2 cm³/mol. The molecule has 1 aromatic rings. The molecule has 1 aromatic carbocycles. The molecule has 0 bridgehead atoms. The molecule has 0 heterocycles. The molecule has 0 atom stereocenters. The van der Waals surface area contributed by atoms with E-state index in [2.05, 4.69) is 0 Å². The molecule has 21 heavy (non-hydrogen) atoms. The summed E-state index contributed by atoms with van der Waals surface area (Å²) in [7, 11) is 0. The van der Waals surface area contributed by atoms with Crippen molar-refractivity contribution in [2.75, 3.05) is 18.0 Å². The van der Waals surface area contributed by atoms with Gasteiger partial charge < -0.3 is 4.90 Å². The highest BCUT2D eigenvalue weighted by Crippen LogP contribution is 2.36. The zero-order chi connectivity index (χ0) is 16.0. The number of nitrogens with zero attached hydrogens (tertiary/aromatic N) is 3. The molecule has 110 valence electrons. The van der Waals surface area contributed by atoms with E-state index in [4.69, 9.17) is 10.5 Å². The van der Waals surface area contributed by atoms with Gasteiger partial charge in [-0.05, 0) is 31.5 Å². The van der Waals surface area contributed by atoms with Gasteiger partial charge in [0.1, 0.15) is 17.7 Å². The van der Waals surface area contributed by atoms with Crippen molar-refractivity contribution in [3.8, 4) is 12.1 Å². The average molecular weight is 293 g/mol. The first kappa shape index (κ1) is 16.6. The summed E-state index contributed by atoms with van der Waals surface area (Å²) < 4.78 is 39.2. The topological polar surface area (TPSA) is 50.8 Å². The standard InChI is InChI=1S/C15H14F3N3/c1-3-21(4-2)13-7-5-11(6-8-13)14(15(16,17)18)12(9-19)10-20/h5-8H,3-4H2,1-2H3. The van der Waals surface area contributed by atoms with Crippen molar-refractivity contribution in [3.63, 3.8) is 0 Å². The fourth-order valence-electron chi connectivity index (χ4n) is 2.01. The van der Waals surface area contributed by atoms with Crippen LogP contribution in [0, 0.1) is 22.7 Å². The third kappa shape index (κ3) is 3.76. The van der Waals surface area contributed by atoms with Crippen molar-refractivity contribution >= 4 is 11.3 Å². The summed E-state index contributed by atoms with van der Waals surface area (Å²) in [6.45, 7) is 5.36. The fourth-order valence-corrected chi connectivity index (χ4v) is 2.01. The third-order valence-corrected chi connectivity index (χ3v) is 3.04. The van der Waals surface area contributed by atoms with Gasteiger partial charge in [0.15, 0.2) is 0 Å². The molecular weight excluding hydrogens is 279 g/mol. The normalized spacial score (nSPS) is 10.4. The lowest BCUT2D eigenvalue weighted by molar-refractivity contribution is -0.0691. The Morgan fingerprint density at radius 2 is 1.52 bits per heavy atom. The molecule has 0 aliphatic heterocycles. The van der Waals surface area contributed by atoms with Gasteiger partial charge in [-0.2, -0.15) is 23.7 Å². The van der Waals surface area contributed by atoms with Crippen LogP contribution in [0.3, 0.4) is 0 Å². The molecule has 0 aromatic heterocycles. The lowest BCUT2D eigenvalue weighted by Gasteiger charge is -2.21. The summed E-state index contributed by atoms with van der Waals surface area (Å²) in [5, 5.41) is 17.4. The summed E-state index contributed by atoms with van der Waals surface area (Å²) in [6.07, 6.45) is -4.75. The number of allylic oxidation sites excluding steroid dienone is 2. The Hall–Kier alpha value is -2.47. The van der Waals surface area contributed by atoms with Crippen molar-refractivity contribution in [1.29, 1.82) is 10.5 Å². The van der Waals surface area contributed by atoms with Gasteiger partial charge in [0.05, 0.1) is 5.57 Å². The van der Waals surface area contributed by atoms with Crippen molar-refractivity contribution < 1.29 is 13.2 Å². The smallest absolute Gasteiger partial charge is 0.372 e. The van der Waals surface area contributed by atoms with Gasteiger partial charge in [-0.1, -0.05) is 12.1 Å². The molecule has 0 N–H and O–H groups in total. The molecule has 0 aliphatic rings. The van der Waals surface area contributed by atoms with Crippen LogP contribution in [0.2, 0.25) is 0 Å². The van der Waals surface area contributed by atoms with E-state index in [1.807, 2.05) is 18.7 Å². The Bertz CT molecular complexity index is 581. The van der Waals surface area contributed by atoms with Gasteiger partial charge in [-0.3, -0.25) is 0 Å². The molecular formula is C15H14F3N3. The van der Waals surface area contributed by atoms with E-state index in [0.717, 1.165) is 18.8 Å². The maximum absolute atomic E-state index is 13.1. The minimum atomic E-state index is -4.75. The monoisotopic (exact) mass is 293 g/mol. The first-order valence-electron chi connectivity index (χ1n) is 6.36. The molecule has 0 aliphatic carbocycles. The minimum absolute atomic E-state index is 0.184. The largest absolute Gasteiger partial charge is 0.418 e. The predicted octanol–water partition coefficient (Wildman–Crippen LogP) is 3.90. The zero-order valence-corrected chi connectivity index (χ0v) is 11.7. The molecule has 0 saturated heterocycles. The summed E-state index contributed by atoms with van der Waals surface area (Å²) in [5.74, 6) is 0. The maximum atomic E-state index is 13.1. The van der Waals surface area contributed by atoms with Crippen LogP contribution in [0.5, 0.6) is 0 Å². The van der Waals surface area contributed by atoms with Crippen molar-refractivity contribution in [2.24, 2.45) is 0 Å². The molecule has 6 heteroatoms. The summed E-state index contributed by atoms with van der Waals surface area (Å²) in [5.41, 5.74) is -1.52. The van der Waals surface area contributed by atoms with Gasteiger partial charge in [0, 0.05) is 18.8 Å². The van der Waals surface area contributed by atoms with Crippen LogP contribution in [-0.4, -0.2) is 19.3 Å². The molecule has 0 spiro atoms. The molecule has 0 radical (unpaired) electrons. The number of hydrogen-bond donors (Lipinski definition) is 0. The Morgan fingerprint density at radius 1 is 1.05 bits per heavy atom. The van der Waals surface area contributed by atoms with Crippen LogP contribution in [0.15, 0.2) is 29.8 Å². The first-order valence-corrected chi connectivity index (χ1v) is 6.36. The van der Waals surface area contributed by atoms with Crippen LogP contribution in [-0.2, 0) is 0 Å². The van der Waals surface area contributed by atoms with Crippen LogP contribution in [0.1, 0.15) is 19.4 Å². The van der Waals surface area contributed by atoms with E-state index >= 15 is 0 Å². The molecule has 3 nitrogen and oxygen atoms in total. The Labute approximate surface area is 121 Å². The van der Waals surface area contributed by atoms with Crippen molar-refractivity contribution in [2.45, 2.75) is 20.0 Å². The van der Waals surface area contributed by atoms with E-state index in [0.29, 0.717) is 0 Å². The minimum Gasteiger partial charge on any atom is -0.372 e. The summed E-state index contributed by atoms with van der Waals surface area (Å²) in [4.78, 5) is 1.98. The number of benzene rings is 1. The second kappa shape index (κ2) is 6.81. The second-order valence-corrected chi connectivity index (χ2v) is 4.19. The Balaban J connectivity index is 3.35. The molecule has 1 rings (SSSR count). The zero-order valence-electron chi connectivity index (χ0n) is 11.7. The second-order valence-electron chi connectivity index (χ2n) is 4.19. The van der Waals surface area contributed by atoms with Gasteiger partial charge in [-0.15, -0.1) is 0 Å². The first-order chi connectivity index (χ1) is 9.88. The summed E-state index contributed by atoms with van der Waals surface area (Å²) in [6, 6.07) is 8.29. The van der Waals surface area contributed by atoms with Gasteiger partial charge in [0.25, 0.3) is 0 Å². The fraction of sp³-hybridized carbons (Fsp3) is 0.333. The highest BCUT2D eigenvalue weighted by Gasteiger charge is 2.37. The van der Waals surface area contributed by atoms with E-state index in [-0.39, 0.29) is 5.56 Å². The van der Waals surface area contributed by atoms with Gasteiger partial charge in [0.2, 0.25) is 0 Å². The number of alkyl halides is 3. The van der Waals surface area contributed by atoms with Crippen LogP contribution in [0.4, 0.5) is 18.9 Å². The number of hydrogen-bond acceptors (Lipinski definition) is 3. The van der Waals surface area contributed by atoms with Crippen molar-refractivity contribution in [1.82, 2.24) is 0 Å². The maximum Gasteiger partial charge on any atom is 0.418 e. The van der Waals surface area contributed by atoms with E-state index in [1.165, 1.54) is 24.3 Å². The van der Waals surface area contributed by atoms with Crippen LogP contribution >= 0.6 is 0 Å². The SMILES string of the molecule is CCN(CC)c1ccc(C(=C(C#N)C#N)C(F)(F)F)cc1. The number of anilines is 1. The van der Waals surface area contributed by atoms with Gasteiger partial charge in [-0.25, -0.2) is 0 Å². The quantitative estimate of drug-likeness (QED) is 0.791. The van der Waals surface area contributed by atoms with Crippen LogP contribution < -0.4 is 4.90 Å². The molecule has 0 unspecified atom stereocenters. The number of nitriles is 2. The Kier molecular flexibility index (Phi) is 5.37. The Morgan fingerprint density at radius 3 is 1.86 bits per heavy atom. The molecule has 0 saturated carbocycles.